The molecule has 1 aromatic heterocycles. The number of aliphatic imine (C=N–C) groups is 1. The summed E-state index contributed by atoms with van der Waals surface area (Å²) in [5.74, 6) is 0.246. The Balaban J connectivity index is 2.16. The number of nitrogens with zero attached hydrogens (tertiary/aromatic N) is 3. The van der Waals surface area contributed by atoms with Gasteiger partial charge in [0.1, 0.15) is 16.0 Å². The molecule has 0 amide bonds. The zero-order valence-corrected chi connectivity index (χ0v) is 15.6. The van der Waals surface area contributed by atoms with Gasteiger partial charge in [0.25, 0.3) is 0 Å². The molecule has 3 rings (SSSR count). The van der Waals surface area contributed by atoms with Crippen LogP contribution in [0.2, 0.25) is 15.1 Å². The fourth-order valence-corrected chi connectivity index (χ4v) is 4.21. The molecule has 0 spiro atoms. The molecular formula is C15H8Cl4N4S. The van der Waals surface area contributed by atoms with Crippen LogP contribution in [-0.4, -0.2) is 15.9 Å². The van der Waals surface area contributed by atoms with Crippen molar-refractivity contribution in [2.45, 2.75) is 0 Å². The number of rotatable bonds is 2. The van der Waals surface area contributed by atoms with Crippen LogP contribution in [0.4, 0.5) is 0 Å². The van der Waals surface area contributed by atoms with Crippen LogP contribution in [0.1, 0.15) is 11.1 Å². The molecule has 4 nitrogen and oxygen atoms in total. The van der Waals surface area contributed by atoms with Gasteiger partial charge in [0.05, 0.1) is 15.6 Å². The van der Waals surface area contributed by atoms with E-state index < -0.39 is 0 Å². The van der Waals surface area contributed by atoms with Gasteiger partial charge in [0.15, 0.2) is 0 Å². The molecule has 0 fully saturated rings. The van der Waals surface area contributed by atoms with Crippen LogP contribution in [0, 0.1) is 0 Å². The van der Waals surface area contributed by atoms with Gasteiger partial charge in [-0.2, -0.15) is 4.40 Å². The maximum Gasteiger partial charge on any atom is 0.142 e. The van der Waals surface area contributed by atoms with Gasteiger partial charge in [-0.15, -0.1) is 0 Å². The van der Waals surface area contributed by atoms with E-state index in [1.54, 1.807) is 36.7 Å². The summed E-state index contributed by atoms with van der Waals surface area (Å²) in [6, 6.07) is 6.70. The lowest BCUT2D eigenvalue weighted by Gasteiger charge is -2.07. The number of hydrogen-bond acceptors (Lipinski definition) is 5. The second-order valence-corrected chi connectivity index (χ2v) is 6.99. The molecule has 9 heteroatoms. The van der Waals surface area contributed by atoms with E-state index in [2.05, 4.69) is 14.4 Å². The second kappa shape index (κ2) is 7.33. The molecule has 1 aliphatic heterocycles. The molecule has 0 saturated heterocycles. The zero-order valence-electron chi connectivity index (χ0n) is 11.8. The third-order valence-corrected chi connectivity index (χ3v) is 4.93. The molecule has 0 unspecified atom stereocenters. The molecule has 122 valence electrons. The number of amidine groups is 1. The quantitative estimate of drug-likeness (QED) is 0.524. The highest BCUT2D eigenvalue weighted by molar-refractivity contribution is 8.13. The number of hydrogen-bond donors (Lipinski definition) is 1. The fraction of sp³-hybridized carbons (Fsp3) is 0. The van der Waals surface area contributed by atoms with E-state index in [0.29, 0.717) is 31.2 Å². The van der Waals surface area contributed by atoms with Gasteiger partial charge in [0.2, 0.25) is 0 Å². The number of nitrogens with two attached hydrogens (primary N) is 1. The van der Waals surface area contributed by atoms with E-state index in [1.165, 1.54) is 0 Å². The molecular weight excluding hydrogens is 410 g/mol. The Labute approximate surface area is 162 Å². The fourth-order valence-electron chi connectivity index (χ4n) is 2.04. The number of benzene rings is 1. The van der Waals surface area contributed by atoms with Crippen molar-refractivity contribution < 1.29 is 0 Å². The largest absolute Gasteiger partial charge is 0.383 e. The maximum atomic E-state index is 6.38. The smallest absolute Gasteiger partial charge is 0.142 e. The minimum absolute atomic E-state index is 0.185. The van der Waals surface area contributed by atoms with Gasteiger partial charge in [-0.1, -0.05) is 46.4 Å². The molecule has 0 bridgehead atoms. The summed E-state index contributed by atoms with van der Waals surface area (Å²) >= 11 is 25.9. The number of aromatic nitrogens is 1. The monoisotopic (exact) mass is 416 g/mol. The summed E-state index contributed by atoms with van der Waals surface area (Å²) in [5, 5.41) is 1.74. The summed E-state index contributed by atoms with van der Waals surface area (Å²) < 4.78 is 4.26. The third kappa shape index (κ3) is 3.55. The summed E-state index contributed by atoms with van der Waals surface area (Å²) in [5.41, 5.74) is 7.82. The summed E-state index contributed by atoms with van der Waals surface area (Å²) in [4.78, 5) is 8.38. The van der Waals surface area contributed by atoms with Gasteiger partial charge in [-0.05, 0) is 29.8 Å². The normalized spacial score (nSPS) is 15.0. The topological polar surface area (TPSA) is 63.6 Å². The second-order valence-electron chi connectivity index (χ2n) is 4.63. The van der Waals surface area contributed by atoms with Crippen molar-refractivity contribution >= 4 is 74.8 Å². The summed E-state index contributed by atoms with van der Waals surface area (Å²) in [7, 11) is 0. The van der Waals surface area contributed by atoms with Crippen LogP contribution in [0.15, 0.2) is 51.2 Å². The minimum atomic E-state index is 0.185. The Bertz CT molecular complexity index is 871. The molecule has 1 aromatic carbocycles. The lowest BCUT2D eigenvalue weighted by Crippen LogP contribution is -2.13. The molecule has 0 saturated carbocycles. The molecule has 2 N–H and O–H groups in total. The molecule has 24 heavy (non-hydrogen) atoms. The first-order valence-electron chi connectivity index (χ1n) is 6.52. The predicted molar refractivity (Wildman–Crippen MR) is 104 cm³/mol. The van der Waals surface area contributed by atoms with E-state index in [0.717, 1.165) is 17.5 Å². The molecule has 2 aromatic rings. The van der Waals surface area contributed by atoms with E-state index in [1.807, 2.05) is 0 Å². The van der Waals surface area contributed by atoms with Crippen LogP contribution in [0.25, 0.3) is 5.57 Å². The van der Waals surface area contributed by atoms with Gasteiger partial charge in [-0.25, -0.2) is 4.99 Å². The van der Waals surface area contributed by atoms with Gasteiger partial charge in [-0.3, -0.25) is 4.98 Å². The van der Waals surface area contributed by atoms with Crippen molar-refractivity contribution in [1.29, 1.82) is 0 Å². The van der Waals surface area contributed by atoms with Crippen LogP contribution in [0.3, 0.4) is 0 Å². The first-order chi connectivity index (χ1) is 11.5. The maximum absolute atomic E-state index is 6.38. The van der Waals surface area contributed by atoms with Crippen molar-refractivity contribution in [1.82, 2.24) is 4.98 Å². The highest BCUT2D eigenvalue weighted by Crippen LogP contribution is 2.36. The number of pyridine rings is 1. The predicted octanol–water partition coefficient (Wildman–Crippen LogP) is 5.42. The van der Waals surface area contributed by atoms with Crippen molar-refractivity contribution in [3.63, 3.8) is 0 Å². The van der Waals surface area contributed by atoms with Crippen LogP contribution >= 0.6 is 58.4 Å². The Hall–Kier alpha value is -1.24. The Morgan fingerprint density at radius 1 is 0.958 bits per heavy atom. The van der Waals surface area contributed by atoms with E-state index >= 15 is 0 Å². The lowest BCUT2D eigenvalue weighted by molar-refractivity contribution is 1.32. The van der Waals surface area contributed by atoms with E-state index in [-0.39, 0.29) is 11.0 Å². The molecule has 0 aliphatic carbocycles. The average Bonchev–Trinajstić information content (AvgIpc) is 2.66. The van der Waals surface area contributed by atoms with Crippen molar-refractivity contribution in [2.24, 2.45) is 15.1 Å². The molecule has 0 radical (unpaired) electrons. The van der Waals surface area contributed by atoms with Gasteiger partial charge < -0.3 is 5.73 Å². The highest BCUT2D eigenvalue weighted by atomic mass is 35.5. The SMILES string of the molecule is NC1=NSC(c2c(Cl)cc(Cl)cc2Cl)=NC(Cl)=C1c1ccncc1. The van der Waals surface area contributed by atoms with Crippen LogP contribution in [-0.2, 0) is 0 Å². The molecule has 1 aliphatic rings. The standard InChI is InChI=1S/C15H8Cl4N4S/c16-8-5-9(17)12(10(18)6-8)15-22-13(19)11(14(20)23-24-15)7-1-3-21-4-2-7/h1-6H,(H2,20,23). The first-order valence-corrected chi connectivity index (χ1v) is 8.80. The summed E-state index contributed by atoms with van der Waals surface area (Å²) in [6.07, 6.45) is 3.27. The third-order valence-electron chi connectivity index (χ3n) is 3.08. The van der Waals surface area contributed by atoms with Crippen molar-refractivity contribution in [3.05, 3.63) is 68.0 Å². The lowest BCUT2D eigenvalue weighted by atomic mass is 10.1. The molecule has 0 atom stereocenters. The van der Waals surface area contributed by atoms with Crippen molar-refractivity contribution in [3.8, 4) is 0 Å². The Morgan fingerprint density at radius 2 is 1.58 bits per heavy atom. The van der Waals surface area contributed by atoms with E-state index in [9.17, 15) is 0 Å². The van der Waals surface area contributed by atoms with Gasteiger partial charge in [0, 0.05) is 34.9 Å². The summed E-state index contributed by atoms with van der Waals surface area (Å²) in [6.45, 7) is 0. The Kier molecular flexibility index (Phi) is 5.37. The average molecular weight is 418 g/mol. The number of halogens is 4. The Morgan fingerprint density at radius 3 is 2.21 bits per heavy atom. The van der Waals surface area contributed by atoms with E-state index in [4.69, 9.17) is 52.1 Å². The van der Waals surface area contributed by atoms with Crippen LogP contribution < -0.4 is 5.73 Å². The van der Waals surface area contributed by atoms with Gasteiger partial charge >= 0.3 is 0 Å². The van der Waals surface area contributed by atoms with Crippen molar-refractivity contribution in [2.75, 3.05) is 0 Å². The highest BCUT2D eigenvalue weighted by Gasteiger charge is 2.21. The first kappa shape index (κ1) is 17.6. The zero-order chi connectivity index (χ0) is 17.3. The minimum Gasteiger partial charge on any atom is -0.383 e. The molecule has 2 heterocycles. The van der Waals surface area contributed by atoms with Crippen LogP contribution in [0.5, 0.6) is 0 Å².